The SMILES string of the molecule is CC(=O)C(C)(C)SC(F)(F)F. The van der Waals surface area contributed by atoms with E-state index in [0.717, 1.165) is 6.92 Å². The number of carbonyl (C=O) groups excluding carboxylic acids is 1. The Morgan fingerprint density at radius 2 is 1.64 bits per heavy atom. The average Bonchev–Trinajstić information content (AvgIpc) is 1.56. The molecule has 0 aliphatic carbocycles. The molecule has 11 heavy (non-hydrogen) atoms. The molecule has 0 heterocycles. The van der Waals surface area contributed by atoms with Crippen molar-refractivity contribution in [2.24, 2.45) is 0 Å². The molecule has 0 aromatic heterocycles. The van der Waals surface area contributed by atoms with Gasteiger partial charge < -0.3 is 0 Å². The van der Waals surface area contributed by atoms with Crippen molar-refractivity contribution in [1.29, 1.82) is 0 Å². The molecule has 1 nitrogen and oxygen atoms in total. The van der Waals surface area contributed by atoms with Crippen LogP contribution in [0.15, 0.2) is 0 Å². The van der Waals surface area contributed by atoms with Gasteiger partial charge in [0.25, 0.3) is 0 Å². The molecule has 66 valence electrons. The first kappa shape index (κ1) is 10.8. The maximum absolute atomic E-state index is 11.7. The van der Waals surface area contributed by atoms with E-state index in [0.29, 0.717) is 0 Å². The molecule has 0 bridgehead atoms. The Kier molecular flexibility index (Phi) is 2.99. The van der Waals surface area contributed by atoms with Crippen molar-refractivity contribution in [3.63, 3.8) is 0 Å². The van der Waals surface area contributed by atoms with Gasteiger partial charge in [0.15, 0.2) is 0 Å². The van der Waals surface area contributed by atoms with Gasteiger partial charge in [-0.1, -0.05) is 0 Å². The third kappa shape index (κ3) is 4.29. The summed E-state index contributed by atoms with van der Waals surface area (Å²) >= 11 is -0.282. The predicted octanol–water partition coefficient (Wildman–Crippen LogP) is 2.61. The smallest absolute Gasteiger partial charge is 0.298 e. The minimum Gasteiger partial charge on any atom is -0.298 e. The Labute approximate surface area is 67.3 Å². The molecule has 5 heteroatoms. The molecule has 0 spiro atoms. The number of Topliss-reactive ketones (excluding diaryl/α,β-unsaturated/α-hetero) is 1. The van der Waals surface area contributed by atoms with Crippen molar-refractivity contribution in [3.05, 3.63) is 0 Å². The number of hydrogen-bond acceptors (Lipinski definition) is 2. The monoisotopic (exact) mass is 186 g/mol. The molecule has 0 saturated heterocycles. The molecule has 0 aromatic rings. The third-order valence-electron chi connectivity index (χ3n) is 1.22. The maximum atomic E-state index is 11.7. The number of hydrogen-bond donors (Lipinski definition) is 0. The van der Waals surface area contributed by atoms with Crippen LogP contribution in [0.3, 0.4) is 0 Å². The van der Waals surface area contributed by atoms with Crippen LogP contribution in [-0.2, 0) is 4.79 Å². The Hall–Kier alpha value is -0.190. The zero-order chi connectivity index (χ0) is 9.28. The Morgan fingerprint density at radius 3 is 1.73 bits per heavy atom. The second kappa shape index (κ2) is 3.05. The van der Waals surface area contributed by atoms with Gasteiger partial charge in [0.1, 0.15) is 5.78 Å². The van der Waals surface area contributed by atoms with E-state index in [1.807, 2.05) is 0 Å². The highest BCUT2D eigenvalue weighted by Crippen LogP contribution is 2.40. The molecule has 0 aromatic carbocycles. The summed E-state index contributed by atoms with van der Waals surface area (Å²) in [5, 5.41) is 0. The molecule has 0 fully saturated rings. The fourth-order valence-corrected chi connectivity index (χ4v) is 1.08. The first-order chi connectivity index (χ1) is 4.65. The lowest BCUT2D eigenvalue weighted by Gasteiger charge is -2.21. The molecular formula is C6H9F3OS. The van der Waals surface area contributed by atoms with Crippen LogP contribution in [0.4, 0.5) is 13.2 Å². The molecule has 0 rings (SSSR count). The summed E-state index contributed by atoms with van der Waals surface area (Å²) < 4.78 is 33.8. The lowest BCUT2D eigenvalue weighted by Crippen LogP contribution is -2.29. The summed E-state index contributed by atoms with van der Waals surface area (Å²) in [7, 11) is 0. The number of ketones is 1. The largest absolute Gasteiger partial charge is 0.442 e. The normalized spacial score (nSPS) is 13.3. The molecule has 0 amide bonds. The van der Waals surface area contributed by atoms with E-state index in [-0.39, 0.29) is 11.8 Å². The summed E-state index contributed by atoms with van der Waals surface area (Å²) in [6.07, 6.45) is 0. The van der Waals surface area contributed by atoms with Gasteiger partial charge in [-0.3, -0.25) is 4.79 Å². The quantitative estimate of drug-likeness (QED) is 0.659. The third-order valence-corrected chi connectivity index (χ3v) is 2.25. The average molecular weight is 186 g/mol. The van der Waals surface area contributed by atoms with Crippen LogP contribution in [0.25, 0.3) is 0 Å². The van der Waals surface area contributed by atoms with Crippen LogP contribution in [0, 0.1) is 0 Å². The number of thioether (sulfide) groups is 1. The summed E-state index contributed by atoms with van der Waals surface area (Å²) in [4.78, 5) is 10.6. The Balaban J connectivity index is 4.25. The van der Waals surface area contributed by atoms with Gasteiger partial charge in [0.2, 0.25) is 0 Å². The minimum absolute atomic E-state index is 0.282. The second-order valence-corrected chi connectivity index (χ2v) is 4.30. The van der Waals surface area contributed by atoms with Gasteiger partial charge in [-0.05, 0) is 32.5 Å². The van der Waals surface area contributed by atoms with Crippen LogP contribution < -0.4 is 0 Å². The standard InChI is InChI=1S/C6H9F3OS/c1-4(10)5(2,3)11-6(7,8)9/h1-3H3. The Bertz CT molecular complexity index is 162. The first-order valence-corrected chi connectivity index (χ1v) is 3.75. The van der Waals surface area contributed by atoms with Crippen LogP contribution in [0.5, 0.6) is 0 Å². The van der Waals surface area contributed by atoms with Gasteiger partial charge in [-0.25, -0.2) is 0 Å². The zero-order valence-corrected chi connectivity index (χ0v) is 7.27. The van der Waals surface area contributed by atoms with Gasteiger partial charge in [-0.2, -0.15) is 13.2 Å². The van der Waals surface area contributed by atoms with E-state index in [4.69, 9.17) is 0 Å². The number of halogens is 3. The van der Waals surface area contributed by atoms with E-state index in [2.05, 4.69) is 0 Å². The van der Waals surface area contributed by atoms with E-state index < -0.39 is 16.0 Å². The van der Waals surface area contributed by atoms with Gasteiger partial charge >= 0.3 is 5.51 Å². The highest BCUT2D eigenvalue weighted by atomic mass is 32.2. The first-order valence-electron chi connectivity index (χ1n) is 2.93. The van der Waals surface area contributed by atoms with Crippen molar-refractivity contribution >= 4 is 17.5 Å². The highest BCUT2D eigenvalue weighted by Gasteiger charge is 2.40. The Morgan fingerprint density at radius 1 is 1.27 bits per heavy atom. The van der Waals surface area contributed by atoms with Crippen molar-refractivity contribution in [2.45, 2.75) is 31.0 Å². The van der Waals surface area contributed by atoms with E-state index in [9.17, 15) is 18.0 Å². The second-order valence-electron chi connectivity index (χ2n) is 2.61. The van der Waals surface area contributed by atoms with E-state index >= 15 is 0 Å². The van der Waals surface area contributed by atoms with Crippen molar-refractivity contribution in [3.8, 4) is 0 Å². The van der Waals surface area contributed by atoms with Gasteiger partial charge in [0.05, 0.1) is 4.75 Å². The number of alkyl halides is 3. The van der Waals surface area contributed by atoms with Gasteiger partial charge in [0, 0.05) is 0 Å². The maximum Gasteiger partial charge on any atom is 0.442 e. The highest BCUT2D eigenvalue weighted by molar-refractivity contribution is 8.02. The molecule has 0 N–H and O–H groups in total. The molecule has 0 radical (unpaired) electrons. The van der Waals surface area contributed by atoms with Gasteiger partial charge in [-0.15, -0.1) is 0 Å². The molecule has 0 saturated carbocycles. The zero-order valence-electron chi connectivity index (χ0n) is 6.45. The molecule has 0 atom stereocenters. The topological polar surface area (TPSA) is 17.1 Å². The summed E-state index contributed by atoms with van der Waals surface area (Å²) in [6, 6.07) is 0. The van der Waals surface area contributed by atoms with Crippen LogP contribution in [-0.4, -0.2) is 16.0 Å². The predicted molar refractivity (Wildman–Crippen MR) is 38.4 cm³/mol. The van der Waals surface area contributed by atoms with E-state index in [1.54, 1.807) is 0 Å². The summed E-state index contributed by atoms with van der Waals surface area (Å²) in [5.41, 5.74) is -4.34. The molecule has 0 unspecified atom stereocenters. The summed E-state index contributed by atoms with van der Waals surface area (Å²) in [6.45, 7) is 3.67. The fourth-order valence-electron chi connectivity index (χ4n) is 0.361. The lowest BCUT2D eigenvalue weighted by molar-refractivity contribution is -0.119. The molecule has 0 aliphatic rings. The molecule has 0 aliphatic heterocycles. The summed E-state index contributed by atoms with van der Waals surface area (Å²) in [5.74, 6) is -0.472. The van der Waals surface area contributed by atoms with Crippen molar-refractivity contribution in [2.75, 3.05) is 0 Å². The fraction of sp³-hybridized carbons (Fsp3) is 0.833. The molecular weight excluding hydrogens is 177 g/mol. The van der Waals surface area contributed by atoms with Crippen molar-refractivity contribution < 1.29 is 18.0 Å². The van der Waals surface area contributed by atoms with Crippen molar-refractivity contribution in [1.82, 2.24) is 0 Å². The lowest BCUT2D eigenvalue weighted by atomic mass is 10.1. The van der Waals surface area contributed by atoms with Crippen LogP contribution >= 0.6 is 11.8 Å². The van der Waals surface area contributed by atoms with Crippen LogP contribution in [0.2, 0.25) is 0 Å². The number of carbonyl (C=O) groups is 1. The number of rotatable bonds is 2. The minimum atomic E-state index is -4.34. The van der Waals surface area contributed by atoms with E-state index in [1.165, 1.54) is 13.8 Å². The van der Waals surface area contributed by atoms with Crippen LogP contribution in [0.1, 0.15) is 20.8 Å².